The topological polar surface area (TPSA) is 69.6 Å². The van der Waals surface area contributed by atoms with Gasteiger partial charge in [-0.2, -0.15) is 0 Å². The normalized spacial score (nSPS) is 16.1. The lowest BCUT2D eigenvalue weighted by molar-refractivity contribution is 0.236. The number of rotatable bonds is 3. The fourth-order valence-corrected chi connectivity index (χ4v) is 0.510. The molecular formula is C4H7NO3S. The molecule has 4 nitrogen and oxygen atoms in total. The standard InChI is InChI=1S/C4H7NO3S/c1-2-4(6)3-5-9(7)8/h1,4-6H,3H2,(H,7,8). The third-order valence-corrected chi connectivity index (χ3v) is 1.01. The molecular weight excluding hydrogens is 142 g/mol. The molecule has 0 aromatic carbocycles. The molecule has 0 aromatic rings. The number of aliphatic hydroxyl groups excluding tert-OH is 1. The minimum Gasteiger partial charge on any atom is -0.379 e. The Morgan fingerprint density at radius 3 is 2.78 bits per heavy atom. The molecule has 0 rings (SSSR count). The molecule has 0 aliphatic heterocycles. The van der Waals surface area contributed by atoms with Crippen molar-refractivity contribution < 1.29 is 13.9 Å². The highest BCUT2D eigenvalue weighted by atomic mass is 32.2. The maximum atomic E-state index is 9.84. The van der Waals surface area contributed by atoms with E-state index < -0.39 is 17.4 Å². The Kier molecular flexibility index (Phi) is 4.26. The number of hydrogen-bond acceptors (Lipinski definition) is 2. The monoisotopic (exact) mass is 149 g/mol. The molecule has 0 spiro atoms. The lowest BCUT2D eigenvalue weighted by Crippen LogP contribution is -2.26. The first-order valence-corrected chi connectivity index (χ1v) is 3.26. The highest BCUT2D eigenvalue weighted by molar-refractivity contribution is 7.77. The summed E-state index contributed by atoms with van der Waals surface area (Å²) >= 11 is -2.09. The van der Waals surface area contributed by atoms with E-state index in [4.69, 9.17) is 16.1 Å². The van der Waals surface area contributed by atoms with E-state index in [0.717, 1.165) is 0 Å². The van der Waals surface area contributed by atoms with E-state index >= 15 is 0 Å². The van der Waals surface area contributed by atoms with E-state index in [1.807, 2.05) is 10.6 Å². The first-order chi connectivity index (χ1) is 4.16. The maximum Gasteiger partial charge on any atom is 0.231 e. The molecule has 0 aliphatic rings. The van der Waals surface area contributed by atoms with Gasteiger partial charge in [-0.1, -0.05) is 5.92 Å². The molecule has 9 heavy (non-hydrogen) atoms. The average molecular weight is 149 g/mol. The van der Waals surface area contributed by atoms with Crippen LogP contribution in [0.4, 0.5) is 0 Å². The Morgan fingerprint density at radius 2 is 2.44 bits per heavy atom. The van der Waals surface area contributed by atoms with Crippen LogP contribution in [0, 0.1) is 12.3 Å². The van der Waals surface area contributed by atoms with E-state index in [-0.39, 0.29) is 6.54 Å². The zero-order valence-electron chi connectivity index (χ0n) is 4.57. The van der Waals surface area contributed by atoms with Crippen molar-refractivity contribution in [3.8, 4) is 12.3 Å². The molecule has 0 amide bonds. The maximum absolute atomic E-state index is 9.84. The largest absolute Gasteiger partial charge is 0.379 e. The van der Waals surface area contributed by atoms with Gasteiger partial charge in [0, 0.05) is 6.54 Å². The third-order valence-electron chi connectivity index (χ3n) is 0.593. The van der Waals surface area contributed by atoms with Gasteiger partial charge in [-0.15, -0.1) is 6.42 Å². The molecule has 0 fully saturated rings. The van der Waals surface area contributed by atoms with Gasteiger partial charge in [0.25, 0.3) is 0 Å². The average Bonchev–Trinajstić information content (AvgIpc) is 1.83. The Hall–Kier alpha value is -0.410. The van der Waals surface area contributed by atoms with Gasteiger partial charge in [0.2, 0.25) is 11.3 Å². The van der Waals surface area contributed by atoms with E-state index in [1.165, 1.54) is 0 Å². The van der Waals surface area contributed by atoms with E-state index in [0.29, 0.717) is 0 Å². The summed E-state index contributed by atoms with van der Waals surface area (Å²) in [5, 5.41) is 8.56. The smallest absolute Gasteiger partial charge is 0.231 e. The summed E-state index contributed by atoms with van der Waals surface area (Å²) in [7, 11) is 0. The van der Waals surface area contributed by atoms with Crippen molar-refractivity contribution in [1.29, 1.82) is 0 Å². The molecule has 0 bridgehead atoms. The number of aliphatic hydroxyl groups is 1. The quantitative estimate of drug-likeness (QED) is 0.345. The van der Waals surface area contributed by atoms with E-state index in [2.05, 4.69) is 0 Å². The Labute approximate surface area is 55.7 Å². The highest BCUT2D eigenvalue weighted by Gasteiger charge is 1.98. The van der Waals surface area contributed by atoms with Gasteiger partial charge in [0.05, 0.1) is 0 Å². The van der Waals surface area contributed by atoms with Crippen LogP contribution in [-0.4, -0.2) is 26.5 Å². The van der Waals surface area contributed by atoms with Crippen LogP contribution >= 0.6 is 0 Å². The first-order valence-electron chi connectivity index (χ1n) is 2.15. The van der Waals surface area contributed by atoms with E-state index in [9.17, 15) is 4.21 Å². The highest BCUT2D eigenvalue weighted by Crippen LogP contribution is 1.74. The summed E-state index contributed by atoms with van der Waals surface area (Å²) in [6.07, 6.45) is 3.74. The van der Waals surface area contributed by atoms with Gasteiger partial charge in [-0.3, -0.25) is 4.55 Å². The van der Waals surface area contributed by atoms with Crippen molar-refractivity contribution in [2.75, 3.05) is 6.54 Å². The predicted molar refractivity (Wildman–Crippen MR) is 33.6 cm³/mol. The summed E-state index contributed by atoms with van der Waals surface area (Å²) in [6, 6.07) is 0. The van der Waals surface area contributed by atoms with E-state index in [1.54, 1.807) is 0 Å². The second-order valence-electron chi connectivity index (χ2n) is 1.28. The second-order valence-corrected chi connectivity index (χ2v) is 2.07. The van der Waals surface area contributed by atoms with Crippen LogP contribution in [0.25, 0.3) is 0 Å². The van der Waals surface area contributed by atoms with Crippen LogP contribution < -0.4 is 4.72 Å². The summed E-state index contributed by atoms with van der Waals surface area (Å²) in [4.78, 5) is 0. The molecule has 2 atom stereocenters. The molecule has 2 unspecified atom stereocenters. The third kappa shape index (κ3) is 5.46. The minimum atomic E-state index is -2.09. The summed E-state index contributed by atoms with van der Waals surface area (Å²) < 4.78 is 19.9. The SMILES string of the molecule is C#CC(O)CNS(=O)O. The Morgan fingerprint density at radius 1 is 1.89 bits per heavy atom. The van der Waals surface area contributed by atoms with Gasteiger partial charge in [0.15, 0.2) is 0 Å². The molecule has 0 saturated heterocycles. The Bertz CT molecular complexity index is 141. The summed E-state index contributed by atoms with van der Waals surface area (Å²) in [5.41, 5.74) is 0. The molecule has 0 heterocycles. The van der Waals surface area contributed by atoms with Crippen LogP contribution in [0.3, 0.4) is 0 Å². The van der Waals surface area contributed by atoms with Gasteiger partial charge in [0.1, 0.15) is 6.10 Å². The molecule has 0 aliphatic carbocycles. The lowest BCUT2D eigenvalue weighted by atomic mass is 10.4. The zero-order chi connectivity index (χ0) is 7.28. The molecule has 3 N–H and O–H groups in total. The minimum absolute atomic E-state index is 0.0698. The Balaban J connectivity index is 3.30. The van der Waals surface area contributed by atoms with Crippen LogP contribution in [0.1, 0.15) is 0 Å². The molecule has 5 heteroatoms. The summed E-state index contributed by atoms with van der Waals surface area (Å²) in [6.45, 7) is -0.0698. The molecule has 0 radical (unpaired) electrons. The fourth-order valence-electron chi connectivity index (χ4n) is 0.209. The van der Waals surface area contributed by atoms with Gasteiger partial charge in [-0.25, -0.2) is 8.93 Å². The number of terminal acetylenes is 1. The van der Waals surface area contributed by atoms with Crippen LogP contribution in [-0.2, 0) is 11.3 Å². The van der Waals surface area contributed by atoms with Crippen LogP contribution in [0.2, 0.25) is 0 Å². The van der Waals surface area contributed by atoms with Crippen molar-refractivity contribution in [3.63, 3.8) is 0 Å². The fraction of sp³-hybridized carbons (Fsp3) is 0.500. The van der Waals surface area contributed by atoms with Crippen molar-refractivity contribution in [2.24, 2.45) is 0 Å². The van der Waals surface area contributed by atoms with Gasteiger partial charge < -0.3 is 5.11 Å². The van der Waals surface area contributed by atoms with Crippen molar-refractivity contribution >= 4 is 11.3 Å². The predicted octanol–water partition coefficient (Wildman–Crippen LogP) is -1.29. The van der Waals surface area contributed by atoms with Crippen LogP contribution in [0.5, 0.6) is 0 Å². The number of hydrogen-bond donors (Lipinski definition) is 3. The summed E-state index contributed by atoms with van der Waals surface area (Å²) in [5.74, 6) is 1.97. The zero-order valence-corrected chi connectivity index (χ0v) is 5.39. The van der Waals surface area contributed by atoms with Crippen molar-refractivity contribution in [1.82, 2.24) is 4.72 Å². The van der Waals surface area contributed by atoms with Gasteiger partial charge in [-0.05, 0) is 0 Å². The van der Waals surface area contributed by atoms with Crippen molar-refractivity contribution in [3.05, 3.63) is 0 Å². The number of nitrogens with one attached hydrogen (secondary N) is 1. The first kappa shape index (κ1) is 8.59. The van der Waals surface area contributed by atoms with Gasteiger partial charge >= 0.3 is 0 Å². The molecule has 52 valence electrons. The van der Waals surface area contributed by atoms with Crippen LogP contribution in [0.15, 0.2) is 0 Å². The molecule has 0 aromatic heterocycles. The molecule has 0 saturated carbocycles. The lowest BCUT2D eigenvalue weighted by Gasteiger charge is -1.99. The second kappa shape index (κ2) is 4.47. The van der Waals surface area contributed by atoms with Crippen molar-refractivity contribution in [2.45, 2.75) is 6.10 Å².